The molecular weight excluding hydrogens is 193 g/mol. The van der Waals surface area contributed by atoms with E-state index in [1.54, 1.807) is 0 Å². The van der Waals surface area contributed by atoms with Crippen LogP contribution in [-0.2, 0) is 15.5 Å². The van der Waals surface area contributed by atoms with Gasteiger partial charge in [0.25, 0.3) is 0 Å². The standard InChI is InChI=1S/C8H11O4P/c9-13(10,11)12-7-6-8-4-2-1-3-5-8/h1-5H,6-7H2,(H2,9,10,11)/i12+2. The van der Waals surface area contributed by atoms with Crippen LogP contribution in [0.3, 0.4) is 0 Å². The van der Waals surface area contributed by atoms with Crippen LogP contribution in [0.4, 0.5) is 0 Å². The van der Waals surface area contributed by atoms with Crippen molar-refractivity contribution < 1.29 is 18.9 Å². The SMILES string of the molecule is O=P(O)(O)[18O]CCc1ccccc1. The van der Waals surface area contributed by atoms with Crippen molar-refractivity contribution in [3.63, 3.8) is 0 Å². The van der Waals surface area contributed by atoms with Crippen LogP contribution in [0.25, 0.3) is 0 Å². The van der Waals surface area contributed by atoms with Gasteiger partial charge in [0.2, 0.25) is 0 Å². The van der Waals surface area contributed by atoms with E-state index in [4.69, 9.17) is 9.79 Å². The fourth-order valence-corrected chi connectivity index (χ4v) is 1.26. The number of phosphoric acid groups is 1. The van der Waals surface area contributed by atoms with Gasteiger partial charge >= 0.3 is 7.82 Å². The van der Waals surface area contributed by atoms with Crippen LogP contribution in [-0.4, -0.2) is 16.4 Å². The van der Waals surface area contributed by atoms with Gasteiger partial charge in [0.1, 0.15) is 0 Å². The van der Waals surface area contributed by atoms with Crippen LogP contribution in [0.2, 0.25) is 0 Å². The topological polar surface area (TPSA) is 66.8 Å². The molecule has 0 atom stereocenters. The fraction of sp³-hybridized carbons (Fsp3) is 0.250. The molecule has 13 heavy (non-hydrogen) atoms. The zero-order chi connectivity index (χ0) is 9.73. The highest BCUT2D eigenvalue weighted by molar-refractivity contribution is 7.46. The van der Waals surface area contributed by atoms with Gasteiger partial charge in [-0.1, -0.05) is 30.3 Å². The van der Waals surface area contributed by atoms with Crippen molar-refractivity contribution >= 4 is 7.82 Å². The summed E-state index contributed by atoms with van der Waals surface area (Å²) in [7, 11) is -4.30. The van der Waals surface area contributed by atoms with E-state index in [1.807, 2.05) is 30.3 Å². The van der Waals surface area contributed by atoms with Gasteiger partial charge in [-0.05, 0) is 12.0 Å². The molecular formula is C8H11O4P. The summed E-state index contributed by atoms with van der Waals surface area (Å²) in [6.45, 7) is 0.0360. The summed E-state index contributed by atoms with van der Waals surface area (Å²) in [5, 5.41) is 0. The van der Waals surface area contributed by atoms with E-state index >= 15 is 0 Å². The molecule has 1 aromatic rings. The van der Waals surface area contributed by atoms with E-state index < -0.39 is 7.82 Å². The van der Waals surface area contributed by atoms with E-state index in [-0.39, 0.29) is 6.61 Å². The lowest BCUT2D eigenvalue weighted by molar-refractivity contribution is 0.199. The maximum Gasteiger partial charge on any atom is 0.469 e. The summed E-state index contributed by atoms with van der Waals surface area (Å²) < 4.78 is 14.6. The van der Waals surface area contributed by atoms with Crippen LogP contribution >= 0.6 is 7.82 Å². The largest absolute Gasteiger partial charge is 0.469 e. The van der Waals surface area contributed by atoms with E-state index in [2.05, 4.69) is 4.52 Å². The molecule has 0 aromatic heterocycles. The smallest absolute Gasteiger partial charge is 0.303 e. The molecule has 5 heteroatoms. The lowest BCUT2D eigenvalue weighted by Gasteiger charge is -2.04. The summed E-state index contributed by atoms with van der Waals surface area (Å²) in [5.41, 5.74) is 0.996. The Morgan fingerprint density at radius 3 is 2.38 bits per heavy atom. The summed E-state index contributed by atoms with van der Waals surface area (Å²) in [6, 6.07) is 9.37. The quantitative estimate of drug-likeness (QED) is 0.573. The minimum atomic E-state index is -4.30. The molecule has 1 aromatic carbocycles. The second kappa shape index (κ2) is 4.53. The Morgan fingerprint density at radius 1 is 1.23 bits per heavy atom. The van der Waals surface area contributed by atoms with Crippen molar-refractivity contribution in [2.45, 2.75) is 6.42 Å². The predicted molar refractivity (Wildman–Crippen MR) is 48.1 cm³/mol. The fourth-order valence-electron chi connectivity index (χ4n) is 0.927. The first-order valence-electron chi connectivity index (χ1n) is 3.82. The molecule has 0 heterocycles. The molecule has 72 valence electrons. The predicted octanol–water partition coefficient (Wildman–Crippen LogP) is 1.34. The molecule has 0 saturated carbocycles. The Balaban J connectivity index is 2.33. The van der Waals surface area contributed by atoms with E-state index in [0.29, 0.717) is 6.42 Å². The maximum absolute atomic E-state index is 10.3. The lowest BCUT2D eigenvalue weighted by Crippen LogP contribution is -1.96. The Labute approximate surface area is 76.4 Å². The van der Waals surface area contributed by atoms with Gasteiger partial charge in [-0.25, -0.2) is 4.57 Å². The first-order chi connectivity index (χ1) is 6.08. The normalized spacial score (nSPS) is 11.5. The zero-order valence-electron chi connectivity index (χ0n) is 6.96. The van der Waals surface area contributed by atoms with Gasteiger partial charge in [-0.3, -0.25) is 4.52 Å². The second-order valence-electron chi connectivity index (χ2n) is 2.56. The molecule has 1 rings (SSSR count). The van der Waals surface area contributed by atoms with Crippen molar-refractivity contribution in [2.24, 2.45) is 0 Å². The van der Waals surface area contributed by atoms with E-state index in [9.17, 15) is 4.57 Å². The van der Waals surface area contributed by atoms with Crippen molar-refractivity contribution in [3.05, 3.63) is 35.9 Å². The molecule has 0 aliphatic rings. The molecule has 0 bridgehead atoms. The van der Waals surface area contributed by atoms with Gasteiger partial charge in [-0.2, -0.15) is 0 Å². The third-order valence-electron chi connectivity index (χ3n) is 1.49. The number of rotatable bonds is 4. The highest BCUT2D eigenvalue weighted by Gasteiger charge is 2.12. The molecule has 0 aliphatic carbocycles. The minimum Gasteiger partial charge on any atom is -0.303 e. The first-order valence-corrected chi connectivity index (χ1v) is 5.35. The molecule has 0 amide bonds. The lowest BCUT2D eigenvalue weighted by atomic mass is 10.2. The molecule has 0 saturated heterocycles. The maximum atomic E-state index is 10.3. The molecule has 2 N–H and O–H groups in total. The van der Waals surface area contributed by atoms with Gasteiger partial charge in [-0.15, -0.1) is 0 Å². The molecule has 0 radical (unpaired) electrons. The third-order valence-corrected chi connectivity index (χ3v) is 2.01. The Morgan fingerprint density at radius 2 is 1.85 bits per heavy atom. The summed E-state index contributed by atoms with van der Waals surface area (Å²) in [6.07, 6.45) is 0.506. The Kier molecular flexibility index (Phi) is 3.63. The Bertz CT molecular complexity index is 292. The van der Waals surface area contributed by atoms with E-state index in [0.717, 1.165) is 5.56 Å². The van der Waals surface area contributed by atoms with Gasteiger partial charge in [0, 0.05) is 0 Å². The summed E-state index contributed by atoms with van der Waals surface area (Å²) in [4.78, 5) is 16.8. The van der Waals surface area contributed by atoms with Crippen LogP contribution < -0.4 is 0 Å². The second-order valence-corrected chi connectivity index (χ2v) is 3.80. The van der Waals surface area contributed by atoms with Crippen molar-refractivity contribution in [1.29, 1.82) is 0 Å². The number of hydrogen-bond donors (Lipinski definition) is 2. The van der Waals surface area contributed by atoms with Gasteiger partial charge in [0.15, 0.2) is 0 Å². The van der Waals surface area contributed by atoms with Crippen molar-refractivity contribution in [2.75, 3.05) is 6.61 Å². The van der Waals surface area contributed by atoms with Crippen molar-refractivity contribution in [1.82, 2.24) is 0 Å². The minimum absolute atomic E-state index is 0.0360. The van der Waals surface area contributed by atoms with Crippen LogP contribution in [0.1, 0.15) is 5.56 Å². The van der Waals surface area contributed by atoms with E-state index in [1.165, 1.54) is 0 Å². The summed E-state index contributed by atoms with van der Waals surface area (Å²) >= 11 is 0. The number of phosphoric ester groups is 1. The molecule has 0 aliphatic heterocycles. The average Bonchev–Trinajstić information content (AvgIpc) is 2.04. The first kappa shape index (κ1) is 10.4. The summed E-state index contributed by atoms with van der Waals surface area (Å²) in [5.74, 6) is 0. The third kappa shape index (κ3) is 4.80. The van der Waals surface area contributed by atoms with Crippen molar-refractivity contribution in [3.8, 4) is 0 Å². The average molecular weight is 204 g/mol. The monoisotopic (exact) mass is 204 g/mol. The Hall–Kier alpha value is -0.670. The van der Waals surface area contributed by atoms with Crippen LogP contribution in [0.15, 0.2) is 30.3 Å². The van der Waals surface area contributed by atoms with Gasteiger partial charge < -0.3 is 9.79 Å². The molecule has 0 spiro atoms. The van der Waals surface area contributed by atoms with Crippen LogP contribution in [0.5, 0.6) is 0 Å². The highest BCUT2D eigenvalue weighted by Crippen LogP contribution is 2.35. The van der Waals surface area contributed by atoms with Gasteiger partial charge in [0.05, 0.1) is 6.61 Å². The highest BCUT2D eigenvalue weighted by atomic mass is 31.2. The molecule has 0 fully saturated rings. The molecule has 0 unspecified atom stereocenters. The number of benzene rings is 1. The molecule has 4 nitrogen and oxygen atoms in total. The van der Waals surface area contributed by atoms with Crippen LogP contribution in [0, 0.1) is 0 Å². The number of hydrogen-bond acceptors (Lipinski definition) is 2. The zero-order valence-corrected chi connectivity index (χ0v) is 7.85.